The summed E-state index contributed by atoms with van der Waals surface area (Å²) in [5.41, 5.74) is 5.62. The summed E-state index contributed by atoms with van der Waals surface area (Å²) in [6.45, 7) is 4.22. The molecule has 20 heavy (non-hydrogen) atoms. The lowest BCUT2D eigenvalue weighted by Crippen LogP contribution is -1.96. The molecule has 0 saturated carbocycles. The third kappa shape index (κ3) is 2.35. The summed E-state index contributed by atoms with van der Waals surface area (Å²) in [7, 11) is 0. The molecule has 0 aliphatic carbocycles. The maximum atomic E-state index is 6.03. The first-order valence-electron chi connectivity index (χ1n) is 6.51. The number of hydrogen-bond acceptors (Lipinski definition) is 1. The van der Waals surface area contributed by atoms with Crippen molar-refractivity contribution in [1.29, 1.82) is 0 Å². The van der Waals surface area contributed by atoms with E-state index in [1.165, 1.54) is 16.8 Å². The molecule has 2 aromatic carbocycles. The average Bonchev–Trinajstić information content (AvgIpc) is 2.88. The maximum absolute atomic E-state index is 6.03. The van der Waals surface area contributed by atoms with Crippen LogP contribution in [0.3, 0.4) is 0 Å². The Morgan fingerprint density at radius 2 is 1.70 bits per heavy atom. The quantitative estimate of drug-likeness (QED) is 0.659. The second-order valence-electron chi connectivity index (χ2n) is 4.92. The molecule has 100 valence electrons. The standard InChI is InChI=1S/C17H15ClN2/c1-12-5-3-6-13(2)17(12)20-10-16(19-11-20)14-7-4-8-15(18)9-14/h3-11H,1-2H3. The lowest BCUT2D eigenvalue weighted by molar-refractivity contribution is 1.02. The van der Waals surface area contributed by atoms with Gasteiger partial charge in [0, 0.05) is 16.8 Å². The van der Waals surface area contributed by atoms with Crippen molar-refractivity contribution in [3.05, 3.63) is 71.1 Å². The summed E-state index contributed by atoms with van der Waals surface area (Å²) in [6.07, 6.45) is 3.90. The summed E-state index contributed by atoms with van der Waals surface area (Å²) in [5.74, 6) is 0. The van der Waals surface area contributed by atoms with Gasteiger partial charge in [0.05, 0.1) is 17.7 Å². The molecule has 0 aliphatic heterocycles. The van der Waals surface area contributed by atoms with Gasteiger partial charge in [0.1, 0.15) is 0 Å². The van der Waals surface area contributed by atoms with Crippen LogP contribution in [0.1, 0.15) is 11.1 Å². The topological polar surface area (TPSA) is 17.8 Å². The van der Waals surface area contributed by atoms with Gasteiger partial charge >= 0.3 is 0 Å². The lowest BCUT2D eigenvalue weighted by Gasteiger charge is -2.09. The third-order valence-electron chi connectivity index (χ3n) is 3.40. The van der Waals surface area contributed by atoms with Gasteiger partial charge in [-0.25, -0.2) is 4.98 Å². The van der Waals surface area contributed by atoms with Crippen LogP contribution < -0.4 is 0 Å². The van der Waals surface area contributed by atoms with E-state index in [1.54, 1.807) is 0 Å². The molecule has 2 nitrogen and oxygen atoms in total. The molecule has 1 aromatic heterocycles. The summed E-state index contributed by atoms with van der Waals surface area (Å²) < 4.78 is 2.07. The zero-order valence-electron chi connectivity index (χ0n) is 11.5. The Bertz CT molecular complexity index is 739. The number of para-hydroxylation sites is 1. The summed E-state index contributed by atoms with van der Waals surface area (Å²) in [4.78, 5) is 4.49. The Balaban J connectivity index is 2.07. The highest BCUT2D eigenvalue weighted by Gasteiger charge is 2.07. The van der Waals surface area contributed by atoms with Gasteiger partial charge in [0.2, 0.25) is 0 Å². The predicted octanol–water partition coefficient (Wildman–Crippen LogP) is 4.81. The summed E-state index contributed by atoms with van der Waals surface area (Å²) in [5, 5.41) is 0.726. The second kappa shape index (κ2) is 5.14. The minimum Gasteiger partial charge on any atom is -0.305 e. The first-order valence-corrected chi connectivity index (χ1v) is 6.89. The van der Waals surface area contributed by atoms with E-state index in [-0.39, 0.29) is 0 Å². The number of hydrogen-bond donors (Lipinski definition) is 0. The van der Waals surface area contributed by atoms with Crippen molar-refractivity contribution in [2.24, 2.45) is 0 Å². The molecule has 0 fully saturated rings. The van der Waals surface area contributed by atoms with Gasteiger partial charge in [-0.3, -0.25) is 0 Å². The minimum absolute atomic E-state index is 0.726. The van der Waals surface area contributed by atoms with Crippen molar-refractivity contribution in [1.82, 2.24) is 9.55 Å². The van der Waals surface area contributed by atoms with Gasteiger partial charge in [-0.1, -0.05) is 41.9 Å². The predicted molar refractivity (Wildman–Crippen MR) is 83.5 cm³/mol. The second-order valence-corrected chi connectivity index (χ2v) is 5.35. The summed E-state index contributed by atoms with van der Waals surface area (Å²) >= 11 is 6.03. The largest absolute Gasteiger partial charge is 0.305 e. The number of imidazole rings is 1. The smallest absolute Gasteiger partial charge is 0.0999 e. The Kier molecular flexibility index (Phi) is 3.33. The normalized spacial score (nSPS) is 10.8. The Morgan fingerprint density at radius 1 is 1.00 bits per heavy atom. The van der Waals surface area contributed by atoms with E-state index in [0.29, 0.717) is 0 Å². The summed E-state index contributed by atoms with van der Waals surface area (Å²) in [6, 6.07) is 14.1. The molecule has 0 saturated heterocycles. The SMILES string of the molecule is Cc1cccc(C)c1-n1cnc(-c2cccc(Cl)c2)c1. The molecule has 0 aliphatic rings. The van der Waals surface area contributed by atoms with E-state index in [4.69, 9.17) is 11.6 Å². The van der Waals surface area contributed by atoms with Crippen LogP contribution in [0.5, 0.6) is 0 Å². The zero-order chi connectivity index (χ0) is 14.1. The molecule has 0 radical (unpaired) electrons. The molecule has 3 aromatic rings. The zero-order valence-corrected chi connectivity index (χ0v) is 12.2. The Hall–Kier alpha value is -2.06. The van der Waals surface area contributed by atoms with Crippen LogP contribution in [0.15, 0.2) is 55.0 Å². The van der Waals surface area contributed by atoms with Crippen LogP contribution in [-0.2, 0) is 0 Å². The van der Waals surface area contributed by atoms with E-state index in [0.717, 1.165) is 16.3 Å². The van der Waals surface area contributed by atoms with Gasteiger partial charge in [-0.15, -0.1) is 0 Å². The maximum Gasteiger partial charge on any atom is 0.0999 e. The molecule has 0 atom stereocenters. The third-order valence-corrected chi connectivity index (χ3v) is 3.64. The molecule has 1 heterocycles. The van der Waals surface area contributed by atoms with Crippen molar-refractivity contribution in [2.45, 2.75) is 13.8 Å². The van der Waals surface area contributed by atoms with Crippen molar-refractivity contribution >= 4 is 11.6 Å². The van der Waals surface area contributed by atoms with E-state index in [9.17, 15) is 0 Å². The van der Waals surface area contributed by atoms with Crippen molar-refractivity contribution in [3.63, 3.8) is 0 Å². The van der Waals surface area contributed by atoms with Crippen LogP contribution in [0.25, 0.3) is 16.9 Å². The minimum atomic E-state index is 0.726. The molecule has 0 amide bonds. The highest BCUT2D eigenvalue weighted by atomic mass is 35.5. The van der Waals surface area contributed by atoms with Crippen LogP contribution in [0.2, 0.25) is 5.02 Å². The lowest BCUT2D eigenvalue weighted by atomic mass is 10.1. The van der Waals surface area contributed by atoms with E-state index in [2.05, 4.69) is 41.6 Å². The molecule has 0 spiro atoms. The number of aryl methyl sites for hydroxylation is 2. The van der Waals surface area contributed by atoms with Gasteiger partial charge in [-0.2, -0.15) is 0 Å². The Morgan fingerprint density at radius 3 is 2.40 bits per heavy atom. The van der Waals surface area contributed by atoms with Crippen LogP contribution >= 0.6 is 11.6 Å². The first-order chi connectivity index (χ1) is 9.65. The fourth-order valence-electron chi connectivity index (χ4n) is 2.45. The highest BCUT2D eigenvalue weighted by molar-refractivity contribution is 6.30. The van der Waals surface area contributed by atoms with E-state index < -0.39 is 0 Å². The van der Waals surface area contributed by atoms with Crippen LogP contribution in [-0.4, -0.2) is 9.55 Å². The highest BCUT2D eigenvalue weighted by Crippen LogP contribution is 2.24. The molecule has 3 rings (SSSR count). The molecule has 0 bridgehead atoms. The van der Waals surface area contributed by atoms with Gasteiger partial charge in [0.15, 0.2) is 0 Å². The van der Waals surface area contributed by atoms with E-state index >= 15 is 0 Å². The molecule has 3 heteroatoms. The molecular formula is C17H15ClN2. The van der Waals surface area contributed by atoms with Gasteiger partial charge in [-0.05, 0) is 37.1 Å². The monoisotopic (exact) mass is 282 g/mol. The fourth-order valence-corrected chi connectivity index (χ4v) is 2.65. The van der Waals surface area contributed by atoms with Crippen LogP contribution in [0, 0.1) is 13.8 Å². The Labute approximate surface area is 123 Å². The van der Waals surface area contributed by atoms with Crippen molar-refractivity contribution < 1.29 is 0 Å². The molecule has 0 N–H and O–H groups in total. The number of aromatic nitrogens is 2. The number of nitrogens with zero attached hydrogens (tertiary/aromatic N) is 2. The average molecular weight is 283 g/mol. The van der Waals surface area contributed by atoms with Crippen molar-refractivity contribution in [3.8, 4) is 16.9 Å². The number of rotatable bonds is 2. The first kappa shape index (κ1) is 12.9. The number of halogens is 1. The van der Waals surface area contributed by atoms with Crippen LogP contribution in [0.4, 0.5) is 0 Å². The molecule has 0 unspecified atom stereocenters. The number of benzene rings is 2. The van der Waals surface area contributed by atoms with Crippen molar-refractivity contribution in [2.75, 3.05) is 0 Å². The van der Waals surface area contributed by atoms with E-state index in [1.807, 2.05) is 36.8 Å². The van der Waals surface area contributed by atoms with Gasteiger partial charge < -0.3 is 4.57 Å². The molecular weight excluding hydrogens is 268 g/mol. The fraction of sp³-hybridized carbons (Fsp3) is 0.118. The van der Waals surface area contributed by atoms with Gasteiger partial charge in [0.25, 0.3) is 0 Å².